The molecule has 5 heteroatoms. The summed E-state index contributed by atoms with van der Waals surface area (Å²) in [7, 11) is 3.59. The van der Waals surface area contributed by atoms with Gasteiger partial charge in [-0.15, -0.1) is 0 Å². The molecule has 0 aliphatic rings. The predicted molar refractivity (Wildman–Crippen MR) is 56.3 cm³/mol. The van der Waals surface area contributed by atoms with Gasteiger partial charge in [0.15, 0.2) is 0 Å². The molecule has 0 saturated carbocycles. The number of aromatic nitrogens is 1. The Hall–Kier alpha value is -1.36. The lowest BCUT2D eigenvalue weighted by molar-refractivity contribution is -0.130. The molecule has 0 unspecified atom stereocenters. The van der Waals surface area contributed by atoms with Gasteiger partial charge in [-0.2, -0.15) is 0 Å². The summed E-state index contributed by atoms with van der Waals surface area (Å²) in [4.78, 5) is 13.2. The third kappa shape index (κ3) is 3.71. The summed E-state index contributed by atoms with van der Waals surface area (Å²) in [6.45, 7) is 3.03. The molecule has 1 aromatic rings. The molecule has 0 fully saturated rings. The Morgan fingerprint density at radius 3 is 2.93 bits per heavy atom. The second-order valence-corrected chi connectivity index (χ2v) is 3.53. The molecule has 0 spiro atoms. The molecule has 1 heterocycles. The highest BCUT2D eigenvalue weighted by molar-refractivity contribution is 5.75. The molecule has 0 saturated heterocycles. The van der Waals surface area contributed by atoms with E-state index in [4.69, 9.17) is 4.52 Å². The zero-order valence-corrected chi connectivity index (χ0v) is 9.41. The van der Waals surface area contributed by atoms with Crippen molar-refractivity contribution in [2.75, 3.05) is 20.6 Å². The molecule has 0 atom stereocenters. The van der Waals surface area contributed by atoms with Gasteiger partial charge < -0.3 is 14.7 Å². The third-order valence-corrected chi connectivity index (χ3v) is 2.09. The van der Waals surface area contributed by atoms with Gasteiger partial charge in [0.05, 0.1) is 6.54 Å². The Morgan fingerprint density at radius 2 is 2.40 bits per heavy atom. The second kappa shape index (κ2) is 5.50. The maximum atomic E-state index is 11.5. The van der Waals surface area contributed by atoms with Crippen LogP contribution in [0.15, 0.2) is 10.6 Å². The first-order valence-electron chi connectivity index (χ1n) is 4.94. The van der Waals surface area contributed by atoms with E-state index < -0.39 is 0 Å². The Balaban J connectivity index is 2.41. The summed E-state index contributed by atoms with van der Waals surface area (Å²) in [6, 6.07) is 1.84. The summed E-state index contributed by atoms with van der Waals surface area (Å²) in [6.07, 6.45) is 0.504. The minimum absolute atomic E-state index is 0.102. The van der Waals surface area contributed by atoms with E-state index in [0.717, 1.165) is 11.5 Å². The molecule has 0 aliphatic heterocycles. The Bertz CT molecular complexity index is 322. The lowest BCUT2D eigenvalue weighted by atomic mass is 10.3. The van der Waals surface area contributed by atoms with Crippen molar-refractivity contribution in [1.29, 1.82) is 0 Å². The molecule has 1 rings (SSSR count). The number of nitrogens with zero attached hydrogens (tertiary/aromatic N) is 2. The van der Waals surface area contributed by atoms with Crippen molar-refractivity contribution < 1.29 is 9.32 Å². The number of rotatable bonds is 5. The van der Waals surface area contributed by atoms with Crippen LogP contribution in [0.1, 0.15) is 17.9 Å². The van der Waals surface area contributed by atoms with Gasteiger partial charge >= 0.3 is 0 Å². The molecular formula is C10H17N3O2. The minimum atomic E-state index is 0.102. The highest BCUT2D eigenvalue weighted by atomic mass is 16.5. The lowest BCUT2D eigenvalue weighted by Gasteiger charge is -2.15. The molecule has 1 N–H and O–H groups in total. The molecule has 0 aliphatic carbocycles. The minimum Gasteiger partial charge on any atom is -0.361 e. The van der Waals surface area contributed by atoms with Crippen LogP contribution < -0.4 is 5.32 Å². The summed E-state index contributed by atoms with van der Waals surface area (Å²) in [5, 5.41) is 6.77. The number of hydrogen-bond acceptors (Lipinski definition) is 4. The molecule has 84 valence electrons. The number of carbonyl (C=O) groups is 1. The summed E-state index contributed by atoms with van der Waals surface area (Å²) in [5.41, 5.74) is 0.785. The van der Waals surface area contributed by atoms with Gasteiger partial charge in [-0.25, -0.2) is 0 Å². The van der Waals surface area contributed by atoms with E-state index >= 15 is 0 Å². The SMILES string of the molecule is CNCCC(=O)N(C)Cc1cc(C)on1. The summed E-state index contributed by atoms with van der Waals surface area (Å²) >= 11 is 0. The molecule has 0 radical (unpaired) electrons. The predicted octanol–water partition coefficient (Wildman–Crippen LogP) is 0.551. The van der Waals surface area contributed by atoms with Gasteiger partial charge in [0.25, 0.3) is 0 Å². The van der Waals surface area contributed by atoms with Crippen molar-refractivity contribution in [3.63, 3.8) is 0 Å². The van der Waals surface area contributed by atoms with E-state index in [-0.39, 0.29) is 5.91 Å². The van der Waals surface area contributed by atoms with Crippen LogP contribution in [0.3, 0.4) is 0 Å². The first-order chi connectivity index (χ1) is 7.13. The van der Waals surface area contributed by atoms with Crippen molar-refractivity contribution in [3.05, 3.63) is 17.5 Å². The Morgan fingerprint density at radius 1 is 1.67 bits per heavy atom. The highest BCUT2D eigenvalue weighted by Crippen LogP contribution is 2.05. The van der Waals surface area contributed by atoms with Crippen molar-refractivity contribution in [2.24, 2.45) is 0 Å². The average molecular weight is 211 g/mol. The first-order valence-corrected chi connectivity index (χ1v) is 4.94. The summed E-state index contributed by atoms with van der Waals surface area (Å²) in [5.74, 6) is 0.867. The fraction of sp³-hybridized carbons (Fsp3) is 0.600. The lowest BCUT2D eigenvalue weighted by Crippen LogP contribution is -2.28. The van der Waals surface area contributed by atoms with Crippen LogP contribution in [-0.2, 0) is 11.3 Å². The largest absolute Gasteiger partial charge is 0.361 e. The topological polar surface area (TPSA) is 58.4 Å². The quantitative estimate of drug-likeness (QED) is 0.772. The average Bonchev–Trinajstić information content (AvgIpc) is 2.60. The van der Waals surface area contributed by atoms with Gasteiger partial charge in [-0.3, -0.25) is 4.79 Å². The second-order valence-electron chi connectivity index (χ2n) is 3.53. The van der Waals surface area contributed by atoms with Crippen LogP contribution in [0, 0.1) is 6.92 Å². The third-order valence-electron chi connectivity index (χ3n) is 2.09. The van der Waals surface area contributed by atoms with Crippen molar-refractivity contribution in [2.45, 2.75) is 19.9 Å². The van der Waals surface area contributed by atoms with Gasteiger partial charge in [0.1, 0.15) is 11.5 Å². The number of amides is 1. The maximum absolute atomic E-state index is 11.5. The number of carbonyl (C=O) groups excluding carboxylic acids is 1. The molecule has 15 heavy (non-hydrogen) atoms. The van der Waals surface area contributed by atoms with E-state index in [1.54, 1.807) is 11.9 Å². The van der Waals surface area contributed by atoms with E-state index in [0.29, 0.717) is 19.5 Å². The summed E-state index contributed by atoms with van der Waals surface area (Å²) < 4.78 is 4.93. The smallest absolute Gasteiger partial charge is 0.223 e. The highest BCUT2D eigenvalue weighted by Gasteiger charge is 2.10. The molecule has 5 nitrogen and oxygen atoms in total. The van der Waals surface area contributed by atoms with Crippen molar-refractivity contribution in [1.82, 2.24) is 15.4 Å². The molecular weight excluding hydrogens is 194 g/mol. The van der Waals surface area contributed by atoms with Crippen LogP contribution in [-0.4, -0.2) is 36.6 Å². The molecule has 0 bridgehead atoms. The maximum Gasteiger partial charge on any atom is 0.223 e. The van der Waals surface area contributed by atoms with E-state index in [1.165, 1.54) is 0 Å². The van der Waals surface area contributed by atoms with Gasteiger partial charge in [0, 0.05) is 26.1 Å². The Kier molecular flexibility index (Phi) is 4.30. The van der Waals surface area contributed by atoms with Crippen molar-refractivity contribution in [3.8, 4) is 0 Å². The van der Waals surface area contributed by atoms with E-state index in [9.17, 15) is 4.79 Å². The zero-order valence-electron chi connectivity index (χ0n) is 9.41. The zero-order chi connectivity index (χ0) is 11.3. The van der Waals surface area contributed by atoms with Crippen LogP contribution >= 0.6 is 0 Å². The normalized spacial score (nSPS) is 10.3. The Labute approximate surface area is 89.4 Å². The number of aryl methyl sites for hydroxylation is 1. The fourth-order valence-corrected chi connectivity index (χ4v) is 1.25. The van der Waals surface area contributed by atoms with Gasteiger partial charge in [-0.1, -0.05) is 5.16 Å². The monoisotopic (exact) mass is 211 g/mol. The van der Waals surface area contributed by atoms with Gasteiger partial charge in [0.2, 0.25) is 5.91 Å². The van der Waals surface area contributed by atoms with Crippen LogP contribution in [0.4, 0.5) is 0 Å². The van der Waals surface area contributed by atoms with Crippen molar-refractivity contribution >= 4 is 5.91 Å². The van der Waals surface area contributed by atoms with Gasteiger partial charge in [-0.05, 0) is 14.0 Å². The number of hydrogen-bond donors (Lipinski definition) is 1. The molecule has 0 aromatic carbocycles. The number of nitrogens with one attached hydrogen (secondary N) is 1. The fourth-order valence-electron chi connectivity index (χ4n) is 1.25. The van der Waals surface area contributed by atoms with E-state index in [1.807, 2.05) is 20.0 Å². The molecule has 1 aromatic heterocycles. The molecule has 1 amide bonds. The standard InChI is InChI=1S/C10H17N3O2/c1-8-6-9(12-15-8)7-13(3)10(14)4-5-11-2/h6,11H,4-5,7H2,1-3H3. The van der Waals surface area contributed by atoms with Crippen LogP contribution in [0.5, 0.6) is 0 Å². The van der Waals surface area contributed by atoms with Crippen LogP contribution in [0.25, 0.3) is 0 Å². The van der Waals surface area contributed by atoms with Crippen LogP contribution in [0.2, 0.25) is 0 Å². The van der Waals surface area contributed by atoms with E-state index in [2.05, 4.69) is 10.5 Å². The first kappa shape index (κ1) is 11.7.